The summed E-state index contributed by atoms with van der Waals surface area (Å²) in [4.78, 5) is 9.39. The van der Waals surface area contributed by atoms with Crippen molar-refractivity contribution in [3.63, 3.8) is 0 Å². The molecule has 1 aliphatic heterocycles. The first kappa shape index (κ1) is 14.0. The van der Waals surface area contributed by atoms with Crippen LogP contribution in [0, 0.1) is 11.8 Å². The summed E-state index contributed by atoms with van der Waals surface area (Å²) in [6.45, 7) is 6.13. The molecule has 3 rings (SSSR count). The Labute approximate surface area is 121 Å². The Balaban J connectivity index is 1.62. The molecule has 0 radical (unpaired) electrons. The van der Waals surface area contributed by atoms with Gasteiger partial charge in [0.1, 0.15) is 5.82 Å². The van der Waals surface area contributed by atoms with Crippen LogP contribution in [0.15, 0.2) is 6.20 Å². The van der Waals surface area contributed by atoms with Crippen molar-refractivity contribution in [3.05, 3.63) is 23.3 Å². The van der Waals surface area contributed by atoms with E-state index in [0.29, 0.717) is 5.92 Å². The van der Waals surface area contributed by atoms with Gasteiger partial charge >= 0.3 is 0 Å². The van der Waals surface area contributed by atoms with E-state index in [1.54, 1.807) is 0 Å². The van der Waals surface area contributed by atoms with Gasteiger partial charge in [-0.1, -0.05) is 6.92 Å². The highest BCUT2D eigenvalue weighted by molar-refractivity contribution is 5.21. The number of nitrogens with one attached hydrogen (secondary N) is 1. The molecule has 0 bridgehead atoms. The van der Waals surface area contributed by atoms with Crippen LogP contribution < -0.4 is 5.32 Å². The van der Waals surface area contributed by atoms with Crippen LogP contribution in [0.5, 0.6) is 0 Å². The molecule has 1 aromatic heterocycles. The van der Waals surface area contributed by atoms with Crippen molar-refractivity contribution < 1.29 is 4.74 Å². The summed E-state index contributed by atoms with van der Waals surface area (Å²) in [6, 6.07) is 0. The van der Waals surface area contributed by atoms with Gasteiger partial charge in [0.15, 0.2) is 0 Å². The highest BCUT2D eigenvalue weighted by atomic mass is 16.5. The topological polar surface area (TPSA) is 47.0 Å². The zero-order valence-corrected chi connectivity index (χ0v) is 12.4. The van der Waals surface area contributed by atoms with Gasteiger partial charge in [-0.2, -0.15) is 0 Å². The van der Waals surface area contributed by atoms with Crippen LogP contribution in [0.4, 0.5) is 0 Å². The summed E-state index contributed by atoms with van der Waals surface area (Å²) in [5.41, 5.74) is 2.66. The Hall–Kier alpha value is -1.00. The number of aromatic nitrogens is 2. The first-order chi connectivity index (χ1) is 9.85. The summed E-state index contributed by atoms with van der Waals surface area (Å²) in [5, 5.41) is 3.45. The normalized spacial score (nSPS) is 25.6. The van der Waals surface area contributed by atoms with Crippen LogP contribution in [0.3, 0.4) is 0 Å². The molecule has 0 spiro atoms. The third kappa shape index (κ3) is 3.36. The van der Waals surface area contributed by atoms with Crippen molar-refractivity contribution in [2.24, 2.45) is 11.8 Å². The van der Waals surface area contributed by atoms with E-state index in [9.17, 15) is 0 Å². The van der Waals surface area contributed by atoms with E-state index < -0.39 is 0 Å². The fourth-order valence-electron chi connectivity index (χ4n) is 3.25. The van der Waals surface area contributed by atoms with Gasteiger partial charge in [0.25, 0.3) is 0 Å². The van der Waals surface area contributed by atoms with E-state index in [1.165, 1.54) is 17.7 Å². The molecule has 2 aliphatic rings. The van der Waals surface area contributed by atoms with Crippen LogP contribution in [0.25, 0.3) is 0 Å². The molecule has 4 nitrogen and oxygen atoms in total. The van der Waals surface area contributed by atoms with Crippen LogP contribution in [0.2, 0.25) is 0 Å². The van der Waals surface area contributed by atoms with E-state index in [0.717, 1.165) is 63.7 Å². The van der Waals surface area contributed by atoms with E-state index in [-0.39, 0.29) is 0 Å². The first-order valence-electron chi connectivity index (χ1n) is 7.97. The van der Waals surface area contributed by atoms with Crippen molar-refractivity contribution in [2.75, 3.05) is 26.3 Å². The average molecular weight is 275 g/mol. The second-order valence-electron chi connectivity index (χ2n) is 6.11. The minimum Gasteiger partial charge on any atom is -0.381 e. The van der Waals surface area contributed by atoms with Gasteiger partial charge in [0, 0.05) is 31.5 Å². The molecule has 1 aromatic rings. The van der Waals surface area contributed by atoms with Crippen LogP contribution in [-0.4, -0.2) is 36.3 Å². The third-order valence-electron chi connectivity index (χ3n) is 4.48. The van der Waals surface area contributed by atoms with Gasteiger partial charge in [-0.3, -0.25) is 0 Å². The van der Waals surface area contributed by atoms with Gasteiger partial charge in [0.05, 0.1) is 0 Å². The van der Waals surface area contributed by atoms with Gasteiger partial charge in [0.2, 0.25) is 0 Å². The molecule has 2 unspecified atom stereocenters. The monoisotopic (exact) mass is 275 g/mol. The Kier molecular flexibility index (Phi) is 4.63. The van der Waals surface area contributed by atoms with Gasteiger partial charge in [-0.05, 0) is 56.2 Å². The molecular formula is C16H25N3O. The Bertz CT molecular complexity index is 443. The predicted molar refractivity (Wildman–Crippen MR) is 78.7 cm³/mol. The number of hydrogen-bond donors (Lipinski definition) is 1. The quantitative estimate of drug-likeness (QED) is 0.889. The lowest BCUT2D eigenvalue weighted by Crippen LogP contribution is -2.28. The van der Waals surface area contributed by atoms with E-state index >= 15 is 0 Å². The fourth-order valence-corrected chi connectivity index (χ4v) is 3.25. The molecule has 2 atom stereocenters. The van der Waals surface area contributed by atoms with Crippen LogP contribution in [-0.2, 0) is 24.0 Å². The predicted octanol–water partition coefficient (Wildman–Crippen LogP) is 1.77. The number of nitrogens with zero attached hydrogens (tertiary/aromatic N) is 2. The Morgan fingerprint density at radius 3 is 3.10 bits per heavy atom. The summed E-state index contributed by atoms with van der Waals surface area (Å²) in [7, 11) is 0. The van der Waals surface area contributed by atoms with Crippen molar-refractivity contribution in [3.8, 4) is 0 Å². The first-order valence-corrected chi connectivity index (χ1v) is 7.97. The van der Waals surface area contributed by atoms with Gasteiger partial charge < -0.3 is 10.1 Å². The minimum absolute atomic E-state index is 0.623. The smallest absolute Gasteiger partial charge is 0.128 e. The molecule has 0 saturated carbocycles. The highest BCUT2D eigenvalue weighted by Crippen LogP contribution is 2.24. The van der Waals surface area contributed by atoms with Crippen molar-refractivity contribution >= 4 is 0 Å². The van der Waals surface area contributed by atoms with Gasteiger partial charge in [-0.15, -0.1) is 0 Å². The second-order valence-corrected chi connectivity index (χ2v) is 6.11. The van der Waals surface area contributed by atoms with E-state index in [1.807, 2.05) is 0 Å². The van der Waals surface area contributed by atoms with Gasteiger partial charge in [-0.25, -0.2) is 9.97 Å². The maximum atomic E-state index is 5.43. The van der Waals surface area contributed by atoms with E-state index in [4.69, 9.17) is 9.72 Å². The molecule has 20 heavy (non-hydrogen) atoms. The summed E-state index contributed by atoms with van der Waals surface area (Å²) >= 11 is 0. The molecule has 1 aliphatic carbocycles. The second kappa shape index (κ2) is 6.64. The fraction of sp³-hybridized carbons (Fsp3) is 0.750. The molecule has 1 N–H and O–H groups in total. The Morgan fingerprint density at radius 2 is 2.30 bits per heavy atom. The summed E-state index contributed by atoms with van der Waals surface area (Å²) in [5.74, 6) is 2.39. The Morgan fingerprint density at radius 1 is 1.35 bits per heavy atom. The maximum Gasteiger partial charge on any atom is 0.128 e. The molecule has 1 fully saturated rings. The zero-order chi connectivity index (χ0) is 13.8. The lowest BCUT2D eigenvalue weighted by atomic mass is 9.87. The molecule has 2 heterocycles. The van der Waals surface area contributed by atoms with Crippen molar-refractivity contribution in [1.29, 1.82) is 0 Å². The number of aryl methyl sites for hydroxylation is 1. The number of ether oxygens (including phenoxy) is 1. The molecule has 0 aromatic carbocycles. The minimum atomic E-state index is 0.623. The number of fused-ring (bicyclic) bond motifs is 1. The highest BCUT2D eigenvalue weighted by Gasteiger charge is 2.22. The third-order valence-corrected chi connectivity index (χ3v) is 4.48. The van der Waals surface area contributed by atoms with Crippen molar-refractivity contribution in [1.82, 2.24) is 15.3 Å². The summed E-state index contributed by atoms with van der Waals surface area (Å²) in [6.07, 6.45) is 7.71. The standard InChI is InChI=1S/C16H25N3O/c1-2-17-9-12-3-4-15-14(7-12)10-18-16(19-15)8-13-5-6-20-11-13/h10,12-13,17H,2-9,11H2,1H3. The largest absolute Gasteiger partial charge is 0.381 e. The molecule has 4 heteroatoms. The molecular weight excluding hydrogens is 250 g/mol. The number of rotatable bonds is 5. The average Bonchev–Trinajstić information content (AvgIpc) is 2.98. The lowest BCUT2D eigenvalue weighted by molar-refractivity contribution is 0.185. The van der Waals surface area contributed by atoms with E-state index in [2.05, 4.69) is 23.4 Å². The van der Waals surface area contributed by atoms with Crippen LogP contribution in [0.1, 0.15) is 36.8 Å². The van der Waals surface area contributed by atoms with Crippen molar-refractivity contribution in [2.45, 2.75) is 39.0 Å². The maximum absolute atomic E-state index is 5.43. The summed E-state index contributed by atoms with van der Waals surface area (Å²) < 4.78 is 5.43. The SMILES string of the molecule is CCNCC1CCc2nc(CC3CCOC3)ncc2C1. The zero-order valence-electron chi connectivity index (χ0n) is 12.4. The lowest BCUT2D eigenvalue weighted by Gasteiger charge is -2.24. The molecule has 110 valence electrons. The van der Waals surface area contributed by atoms with Crippen LogP contribution >= 0.6 is 0 Å². The number of hydrogen-bond acceptors (Lipinski definition) is 4. The molecule has 0 amide bonds. The molecule has 1 saturated heterocycles.